The van der Waals surface area contributed by atoms with Crippen LogP contribution in [0.25, 0.3) is 0 Å². The van der Waals surface area contributed by atoms with Crippen molar-refractivity contribution in [2.75, 3.05) is 44.1 Å². The third-order valence-electron chi connectivity index (χ3n) is 2.05. The molecule has 1 aromatic rings. The molecule has 0 aliphatic rings. The van der Waals surface area contributed by atoms with Crippen molar-refractivity contribution < 1.29 is 4.74 Å². The van der Waals surface area contributed by atoms with E-state index in [1.807, 2.05) is 18.9 Å². The fourth-order valence-electron chi connectivity index (χ4n) is 1.20. The van der Waals surface area contributed by atoms with E-state index in [9.17, 15) is 0 Å². The van der Waals surface area contributed by atoms with Crippen molar-refractivity contribution >= 4 is 23.4 Å². The molecule has 16 heavy (non-hydrogen) atoms. The Kier molecular flexibility index (Phi) is 5.28. The van der Waals surface area contributed by atoms with Gasteiger partial charge in [0.25, 0.3) is 0 Å². The van der Waals surface area contributed by atoms with Gasteiger partial charge in [0.15, 0.2) is 5.82 Å². The van der Waals surface area contributed by atoms with Gasteiger partial charge >= 0.3 is 0 Å². The van der Waals surface area contributed by atoms with Gasteiger partial charge in [-0.3, -0.25) is 0 Å². The molecule has 1 heterocycles. The monoisotopic (exact) mass is 244 g/mol. The van der Waals surface area contributed by atoms with E-state index in [2.05, 4.69) is 15.3 Å². The van der Waals surface area contributed by atoms with Crippen molar-refractivity contribution in [1.29, 1.82) is 0 Å². The SMILES string of the molecule is CCNc1ncc(Cl)c(N(C)CCOC)n1. The maximum absolute atomic E-state index is 6.03. The molecule has 0 aliphatic carbocycles. The molecule has 0 spiro atoms. The van der Waals surface area contributed by atoms with Crippen LogP contribution in [0.3, 0.4) is 0 Å². The van der Waals surface area contributed by atoms with Crippen LogP contribution in [0.4, 0.5) is 11.8 Å². The van der Waals surface area contributed by atoms with Gasteiger partial charge < -0.3 is 15.0 Å². The summed E-state index contributed by atoms with van der Waals surface area (Å²) in [6.45, 7) is 4.14. The molecule has 6 heteroatoms. The third kappa shape index (κ3) is 3.50. The molecular formula is C10H17ClN4O. The molecule has 1 rings (SSSR count). The zero-order valence-corrected chi connectivity index (χ0v) is 10.6. The maximum atomic E-state index is 6.03. The normalized spacial score (nSPS) is 10.2. The summed E-state index contributed by atoms with van der Waals surface area (Å²) in [5.41, 5.74) is 0. The average molecular weight is 245 g/mol. The summed E-state index contributed by atoms with van der Waals surface area (Å²) in [7, 11) is 3.59. The van der Waals surface area contributed by atoms with Gasteiger partial charge in [0.1, 0.15) is 5.02 Å². The number of anilines is 2. The Hall–Kier alpha value is -1.07. The summed E-state index contributed by atoms with van der Waals surface area (Å²) < 4.78 is 5.01. The minimum atomic E-state index is 0.542. The lowest BCUT2D eigenvalue weighted by molar-refractivity contribution is 0.206. The van der Waals surface area contributed by atoms with Crippen LogP contribution in [0.5, 0.6) is 0 Å². The van der Waals surface area contributed by atoms with E-state index in [0.717, 1.165) is 13.1 Å². The largest absolute Gasteiger partial charge is 0.383 e. The van der Waals surface area contributed by atoms with E-state index in [-0.39, 0.29) is 0 Å². The van der Waals surface area contributed by atoms with Gasteiger partial charge in [0, 0.05) is 27.2 Å². The Labute approximate surface area is 101 Å². The molecule has 0 unspecified atom stereocenters. The molecule has 0 saturated heterocycles. The van der Waals surface area contributed by atoms with Crippen molar-refractivity contribution in [3.05, 3.63) is 11.2 Å². The molecular weight excluding hydrogens is 228 g/mol. The quantitative estimate of drug-likeness (QED) is 0.825. The first kappa shape index (κ1) is 13.0. The first-order valence-electron chi connectivity index (χ1n) is 5.15. The van der Waals surface area contributed by atoms with Gasteiger partial charge in [-0.15, -0.1) is 0 Å². The number of likely N-dealkylation sites (N-methyl/N-ethyl adjacent to an activating group) is 1. The summed E-state index contributed by atoms with van der Waals surface area (Å²) in [5, 5.41) is 3.59. The van der Waals surface area contributed by atoms with Crippen LogP contribution in [0.15, 0.2) is 6.20 Å². The summed E-state index contributed by atoms with van der Waals surface area (Å²) in [6.07, 6.45) is 1.60. The highest BCUT2D eigenvalue weighted by Crippen LogP contribution is 2.22. The van der Waals surface area contributed by atoms with Crippen LogP contribution >= 0.6 is 11.6 Å². The predicted octanol–water partition coefficient (Wildman–Crippen LogP) is 1.64. The lowest BCUT2D eigenvalue weighted by Gasteiger charge is -2.19. The molecule has 0 fully saturated rings. The van der Waals surface area contributed by atoms with Crippen LogP contribution in [0.1, 0.15) is 6.92 Å². The molecule has 0 bridgehead atoms. The number of nitrogens with zero attached hydrogens (tertiary/aromatic N) is 3. The number of aromatic nitrogens is 2. The maximum Gasteiger partial charge on any atom is 0.224 e. The number of ether oxygens (including phenoxy) is 1. The molecule has 0 amide bonds. The van der Waals surface area contributed by atoms with Gasteiger partial charge in [-0.25, -0.2) is 4.98 Å². The standard InChI is InChI=1S/C10H17ClN4O/c1-4-12-10-13-7-8(11)9(14-10)15(2)5-6-16-3/h7H,4-6H2,1-3H3,(H,12,13,14). The number of nitrogens with one attached hydrogen (secondary N) is 1. The van der Waals surface area contributed by atoms with Crippen LogP contribution in [-0.4, -0.2) is 43.8 Å². The fraction of sp³-hybridized carbons (Fsp3) is 0.600. The van der Waals surface area contributed by atoms with Crippen LogP contribution in [0, 0.1) is 0 Å². The van der Waals surface area contributed by atoms with E-state index in [0.29, 0.717) is 23.4 Å². The second-order valence-corrected chi connectivity index (χ2v) is 3.72. The number of methoxy groups -OCH3 is 1. The van der Waals surface area contributed by atoms with Gasteiger partial charge in [-0.2, -0.15) is 4.98 Å². The second kappa shape index (κ2) is 6.50. The molecule has 0 aliphatic heterocycles. The van der Waals surface area contributed by atoms with E-state index in [1.165, 1.54) is 0 Å². The highest BCUT2D eigenvalue weighted by atomic mass is 35.5. The van der Waals surface area contributed by atoms with Crippen molar-refractivity contribution in [2.45, 2.75) is 6.92 Å². The molecule has 0 aromatic carbocycles. The van der Waals surface area contributed by atoms with E-state index >= 15 is 0 Å². The Morgan fingerprint density at radius 2 is 2.31 bits per heavy atom. The van der Waals surface area contributed by atoms with Crippen molar-refractivity contribution in [2.24, 2.45) is 0 Å². The fourth-order valence-corrected chi connectivity index (χ4v) is 1.44. The number of halogens is 1. The van der Waals surface area contributed by atoms with Gasteiger partial charge in [0.05, 0.1) is 12.8 Å². The Morgan fingerprint density at radius 1 is 1.56 bits per heavy atom. The predicted molar refractivity (Wildman–Crippen MR) is 66.4 cm³/mol. The Morgan fingerprint density at radius 3 is 2.94 bits per heavy atom. The molecule has 0 saturated carbocycles. The minimum Gasteiger partial charge on any atom is -0.383 e. The number of rotatable bonds is 6. The second-order valence-electron chi connectivity index (χ2n) is 3.31. The van der Waals surface area contributed by atoms with E-state index < -0.39 is 0 Å². The van der Waals surface area contributed by atoms with E-state index in [4.69, 9.17) is 16.3 Å². The number of hydrogen-bond acceptors (Lipinski definition) is 5. The highest BCUT2D eigenvalue weighted by molar-refractivity contribution is 6.32. The Balaban J connectivity index is 2.79. The molecule has 5 nitrogen and oxygen atoms in total. The molecule has 1 N–H and O–H groups in total. The first-order valence-corrected chi connectivity index (χ1v) is 5.53. The van der Waals surface area contributed by atoms with Gasteiger partial charge in [0.2, 0.25) is 5.95 Å². The van der Waals surface area contributed by atoms with Crippen molar-refractivity contribution in [3.8, 4) is 0 Å². The lowest BCUT2D eigenvalue weighted by Crippen LogP contribution is -2.24. The van der Waals surface area contributed by atoms with Crippen molar-refractivity contribution in [3.63, 3.8) is 0 Å². The summed E-state index contributed by atoms with van der Waals surface area (Å²) in [6, 6.07) is 0. The lowest BCUT2D eigenvalue weighted by atomic mass is 10.5. The molecule has 0 radical (unpaired) electrons. The summed E-state index contributed by atoms with van der Waals surface area (Å²) in [4.78, 5) is 10.3. The molecule has 1 aromatic heterocycles. The van der Waals surface area contributed by atoms with Gasteiger partial charge in [-0.1, -0.05) is 11.6 Å². The van der Waals surface area contributed by atoms with Crippen LogP contribution in [0.2, 0.25) is 5.02 Å². The Bertz CT molecular complexity index is 335. The third-order valence-corrected chi connectivity index (χ3v) is 2.32. The zero-order valence-electron chi connectivity index (χ0n) is 9.83. The van der Waals surface area contributed by atoms with Crippen LogP contribution in [-0.2, 0) is 4.74 Å². The topological polar surface area (TPSA) is 50.3 Å². The van der Waals surface area contributed by atoms with E-state index in [1.54, 1.807) is 13.3 Å². The molecule has 0 atom stereocenters. The summed E-state index contributed by atoms with van der Waals surface area (Å²) in [5.74, 6) is 1.30. The number of hydrogen-bond donors (Lipinski definition) is 1. The van der Waals surface area contributed by atoms with Gasteiger partial charge in [-0.05, 0) is 6.92 Å². The minimum absolute atomic E-state index is 0.542. The zero-order chi connectivity index (χ0) is 12.0. The smallest absolute Gasteiger partial charge is 0.224 e. The summed E-state index contributed by atoms with van der Waals surface area (Å²) >= 11 is 6.03. The average Bonchev–Trinajstić information content (AvgIpc) is 2.29. The van der Waals surface area contributed by atoms with Crippen LogP contribution < -0.4 is 10.2 Å². The molecule has 90 valence electrons. The highest BCUT2D eigenvalue weighted by Gasteiger charge is 2.09. The van der Waals surface area contributed by atoms with Crippen molar-refractivity contribution in [1.82, 2.24) is 9.97 Å². The first-order chi connectivity index (χ1) is 7.69.